The molecule has 1 heterocycles. The van der Waals surface area contributed by atoms with Crippen molar-refractivity contribution < 1.29 is 19.1 Å². The van der Waals surface area contributed by atoms with E-state index in [9.17, 15) is 9.59 Å². The molecule has 1 N–H and O–H groups in total. The van der Waals surface area contributed by atoms with E-state index in [4.69, 9.17) is 9.47 Å². The summed E-state index contributed by atoms with van der Waals surface area (Å²) < 4.78 is 10.5. The van der Waals surface area contributed by atoms with Gasteiger partial charge in [0.15, 0.2) is 0 Å². The highest BCUT2D eigenvalue weighted by molar-refractivity contribution is 6.31. The van der Waals surface area contributed by atoms with Gasteiger partial charge in [-0.05, 0) is 61.4 Å². The number of ether oxygens (including phenoxy) is 2. The molecule has 3 rings (SSSR count). The van der Waals surface area contributed by atoms with Gasteiger partial charge in [-0.1, -0.05) is 6.07 Å². The van der Waals surface area contributed by atoms with Gasteiger partial charge in [-0.25, -0.2) is 5.01 Å². The summed E-state index contributed by atoms with van der Waals surface area (Å²) in [5.74, 6) is 0.277. The molecule has 26 heavy (non-hydrogen) atoms. The molecule has 2 amide bonds. The Morgan fingerprint density at radius 3 is 2.38 bits per heavy atom. The Bertz CT molecular complexity index is 918. The van der Waals surface area contributed by atoms with Gasteiger partial charge in [0.1, 0.15) is 17.1 Å². The third-order valence-electron chi connectivity index (χ3n) is 4.38. The Kier molecular flexibility index (Phi) is 4.67. The van der Waals surface area contributed by atoms with Crippen molar-refractivity contribution in [1.29, 1.82) is 0 Å². The quantitative estimate of drug-likeness (QED) is 0.679. The molecule has 0 aromatic heterocycles. The first kappa shape index (κ1) is 17.5. The van der Waals surface area contributed by atoms with Crippen LogP contribution < -0.4 is 19.9 Å². The number of hydrazine groups is 1. The van der Waals surface area contributed by atoms with E-state index in [0.29, 0.717) is 22.7 Å². The van der Waals surface area contributed by atoms with Crippen LogP contribution >= 0.6 is 0 Å². The molecule has 0 aliphatic carbocycles. The molecule has 0 atom stereocenters. The number of nitrogens with zero attached hydrogens (tertiary/aromatic N) is 1. The summed E-state index contributed by atoms with van der Waals surface area (Å²) >= 11 is 0. The molecule has 2 aromatic carbocycles. The van der Waals surface area contributed by atoms with Gasteiger partial charge in [0, 0.05) is 5.56 Å². The van der Waals surface area contributed by atoms with Crippen molar-refractivity contribution in [2.45, 2.75) is 13.8 Å². The van der Waals surface area contributed by atoms with Gasteiger partial charge in [-0.15, -0.1) is 0 Å². The number of hydrogen-bond donors (Lipinski definition) is 1. The topological polar surface area (TPSA) is 67.9 Å². The van der Waals surface area contributed by atoms with Crippen molar-refractivity contribution >= 4 is 23.6 Å². The number of methoxy groups -OCH3 is 2. The second kappa shape index (κ2) is 6.92. The minimum Gasteiger partial charge on any atom is -0.497 e. The average Bonchev–Trinajstić information content (AvgIpc) is 2.92. The number of carbonyl (C=O) groups is 2. The van der Waals surface area contributed by atoms with Crippen LogP contribution in [0.25, 0.3) is 6.08 Å². The van der Waals surface area contributed by atoms with Crippen LogP contribution in [0.4, 0.5) is 5.69 Å². The van der Waals surface area contributed by atoms with E-state index in [1.807, 2.05) is 26.0 Å². The molecule has 1 saturated heterocycles. The predicted octanol–water partition coefficient (Wildman–Crippen LogP) is 2.78. The molecule has 1 aliphatic heterocycles. The smallest absolute Gasteiger partial charge is 0.282 e. The fourth-order valence-electron chi connectivity index (χ4n) is 2.71. The van der Waals surface area contributed by atoms with Gasteiger partial charge in [-0.3, -0.25) is 15.0 Å². The monoisotopic (exact) mass is 352 g/mol. The molecule has 6 heteroatoms. The summed E-state index contributed by atoms with van der Waals surface area (Å²) in [5.41, 5.74) is 6.01. The fraction of sp³-hybridized carbons (Fsp3) is 0.200. The van der Waals surface area contributed by atoms with Gasteiger partial charge in [0.2, 0.25) is 0 Å². The van der Waals surface area contributed by atoms with Gasteiger partial charge in [-0.2, -0.15) is 0 Å². The highest BCUT2D eigenvalue weighted by Gasteiger charge is 2.34. The maximum Gasteiger partial charge on any atom is 0.282 e. The predicted molar refractivity (Wildman–Crippen MR) is 99.1 cm³/mol. The number of rotatable bonds is 4. The molecule has 0 bridgehead atoms. The number of anilines is 1. The lowest BCUT2D eigenvalue weighted by Gasteiger charge is -2.16. The highest BCUT2D eigenvalue weighted by Crippen LogP contribution is 2.29. The van der Waals surface area contributed by atoms with Gasteiger partial charge in [0.25, 0.3) is 11.8 Å². The zero-order valence-electron chi connectivity index (χ0n) is 15.1. The van der Waals surface area contributed by atoms with Crippen molar-refractivity contribution in [1.82, 2.24) is 5.43 Å². The Hall–Kier alpha value is -3.28. The van der Waals surface area contributed by atoms with E-state index < -0.39 is 11.8 Å². The third-order valence-corrected chi connectivity index (χ3v) is 4.38. The molecule has 6 nitrogen and oxygen atoms in total. The first-order valence-electron chi connectivity index (χ1n) is 8.11. The van der Waals surface area contributed by atoms with Crippen LogP contribution in [0.5, 0.6) is 11.5 Å². The molecule has 0 spiro atoms. The van der Waals surface area contributed by atoms with E-state index in [0.717, 1.165) is 11.1 Å². The third kappa shape index (κ3) is 3.13. The number of benzene rings is 2. The maximum absolute atomic E-state index is 12.8. The molecule has 1 fully saturated rings. The summed E-state index contributed by atoms with van der Waals surface area (Å²) in [5, 5.41) is 1.26. The number of aryl methyl sites for hydroxylation is 2. The lowest BCUT2D eigenvalue weighted by molar-refractivity contribution is -0.117. The van der Waals surface area contributed by atoms with Crippen LogP contribution in [-0.2, 0) is 9.59 Å². The average molecular weight is 352 g/mol. The Labute approximate surface area is 152 Å². The summed E-state index contributed by atoms with van der Waals surface area (Å²) in [6.07, 6.45) is 1.51. The van der Waals surface area contributed by atoms with Crippen LogP contribution in [0.3, 0.4) is 0 Å². The Morgan fingerprint density at radius 2 is 1.73 bits per heavy atom. The van der Waals surface area contributed by atoms with Gasteiger partial charge >= 0.3 is 0 Å². The van der Waals surface area contributed by atoms with E-state index in [2.05, 4.69) is 5.43 Å². The van der Waals surface area contributed by atoms with Crippen molar-refractivity contribution in [3.05, 3.63) is 58.7 Å². The Balaban J connectivity index is 1.99. The van der Waals surface area contributed by atoms with Crippen molar-refractivity contribution in [2.75, 3.05) is 19.2 Å². The first-order valence-corrected chi connectivity index (χ1v) is 8.11. The van der Waals surface area contributed by atoms with Crippen LogP contribution in [-0.4, -0.2) is 26.0 Å². The van der Waals surface area contributed by atoms with Crippen molar-refractivity contribution in [2.24, 2.45) is 0 Å². The van der Waals surface area contributed by atoms with E-state index in [1.54, 1.807) is 31.4 Å². The Morgan fingerprint density at radius 1 is 0.962 bits per heavy atom. The standard InChI is InChI=1S/C20H20N2O4/c1-12-5-6-15(9-13(12)2)22-20(24)17(19(23)21-22)11-14-10-16(25-3)7-8-18(14)26-4/h5-11H,1-4H3,(H,21,23)/b17-11-. The second-order valence-corrected chi connectivity index (χ2v) is 6.02. The zero-order valence-corrected chi connectivity index (χ0v) is 15.1. The molecule has 0 radical (unpaired) electrons. The largest absolute Gasteiger partial charge is 0.497 e. The van der Waals surface area contributed by atoms with Gasteiger partial charge in [0.05, 0.1) is 19.9 Å². The summed E-state index contributed by atoms with van der Waals surface area (Å²) in [6, 6.07) is 10.8. The lowest BCUT2D eigenvalue weighted by Crippen LogP contribution is -2.35. The van der Waals surface area contributed by atoms with E-state index >= 15 is 0 Å². The zero-order chi connectivity index (χ0) is 18.8. The van der Waals surface area contributed by atoms with Crippen LogP contribution in [0.15, 0.2) is 42.0 Å². The van der Waals surface area contributed by atoms with Crippen LogP contribution in [0.2, 0.25) is 0 Å². The molecule has 1 aliphatic rings. The lowest BCUT2D eigenvalue weighted by atomic mass is 10.1. The number of nitrogens with one attached hydrogen (secondary N) is 1. The van der Waals surface area contributed by atoms with Crippen LogP contribution in [0.1, 0.15) is 16.7 Å². The van der Waals surface area contributed by atoms with Crippen molar-refractivity contribution in [3.8, 4) is 11.5 Å². The molecular formula is C20H20N2O4. The number of carbonyl (C=O) groups excluding carboxylic acids is 2. The van der Waals surface area contributed by atoms with Crippen molar-refractivity contribution in [3.63, 3.8) is 0 Å². The SMILES string of the molecule is COc1ccc(OC)c(/C=C2/C(=O)NN(c3ccc(C)c(C)c3)C2=O)c1. The molecular weight excluding hydrogens is 332 g/mol. The second-order valence-electron chi connectivity index (χ2n) is 6.02. The minimum atomic E-state index is -0.460. The summed E-state index contributed by atoms with van der Waals surface area (Å²) in [7, 11) is 3.08. The maximum atomic E-state index is 12.8. The fourth-order valence-corrected chi connectivity index (χ4v) is 2.71. The molecule has 0 unspecified atom stereocenters. The normalized spacial score (nSPS) is 15.4. The number of hydrogen-bond acceptors (Lipinski definition) is 4. The van der Waals surface area contributed by atoms with Gasteiger partial charge < -0.3 is 9.47 Å². The highest BCUT2D eigenvalue weighted by atomic mass is 16.5. The number of amides is 2. The minimum absolute atomic E-state index is 0.0368. The summed E-state index contributed by atoms with van der Waals surface area (Å²) in [4.78, 5) is 25.1. The van der Waals surface area contributed by atoms with E-state index in [1.165, 1.54) is 18.2 Å². The first-order chi connectivity index (χ1) is 12.4. The molecule has 2 aromatic rings. The summed E-state index contributed by atoms with van der Waals surface area (Å²) in [6.45, 7) is 3.95. The molecule has 134 valence electrons. The molecule has 0 saturated carbocycles. The van der Waals surface area contributed by atoms with Crippen LogP contribution in [0, 0.1) is 13.8 Å². The van der Waals surface area contributed by atoms with E-state index in [-0.39, 0.29) is 5.57 Å².